The first-order valence-corrected chi connectivity index (χ1v) is 8.40. The van der Waals surface area contributed by atoms with Gasteiger partial charge in [-0.25, -0.2) is 0 Å². The zero-order valence-corrected chi connectivity index (χ0v) is 14.5. The summed E-state index contributed by atoms with van der Waals surface area (Å²) >= 11 is 5.47. The number of hydrogen-bond acceptors (Lipinski definition) is 3. The Morgan fingerprint density at radius 1 is 1.23 bits per heavy atom. The molecule has 4 nitrogen and oxygen atoms in total. The largest absolute Gasteiger partial charge is 0.385 e. The Labute approximate surface area is 139 Å². The maximum Gasteiger partial charge on any atom is 0.169 e. The predicted molar refractivity (Wildman–Crippen MR) is 95.1 cm³/mol. The van der Waals surface area contributed by atoms with Gasteiger partial charge in [0.15, 0.2) is 5.11 Å². The van der Waals surface area contributed by atoms with E-state index in [1.807, 2.05) is 0 Å². The van der Waals surface area contributed by atoms with Gasteiger partial charge in [0, 0.05) is 53.0 Å². The summed E-state index contributed by atoms with van der Waals surface area (Å²) in [5, 5.41) is 4.20. The first-order chi connectivity index (χ1) is 10.7. The van der Waals surface area contributed by atoms with Crippen molar-refractivity contribution in [1.82, 2.24) is 15.1 Å². The van der Waals surface area contributed by atoms with Crippen molar-refractivity contribution in [2.24, 2.45) is 0 Å². The molecule has 122 valence electrons. The fourth-order valence-electron chi connectivity index (χ4n) is 2.66. The Balaban J connectivity index is 1.71. The summed E-state index contributed by atoms with van der Waals surface area (Å²) in [5.41, 5.74) is 2.80. The quantitative estimate of drug-likeness (QED) is 0.639. The van der Waals surface area contributed by atoms with E-state index in [0.29, 0.717) is 0 Å². The van der Waals surface area contributed by atoms with Crippen molar-refractivity contribution < 1.29 is 4.74 Å². The summed E-state index contributed by atoms with van der Waals surface area (Å²) in [6.45, 7) is 9.02. The molecule has 0 bridgehead atoms. The minimum atomic E-state index is 0.778. The smallest absolute Gasteiger partial charge is 0.169 e. The summed E-state index contributed by atoms with van der Waals surface area (Å²) < 4.78 is 5.05. The number of nitrogens with zero attached hydrogens (tertiary/aromatic N) is 2. The molecule has 0 aliphatic carbocycles. The van der Waals surface area contributed by atoms with Crippen LogP contribution in [0.15, 0.2) is 24.3 Å². The van der Waals surface area contributed by atoms with E-state index in [1.165, 1.54) is 11.1 Å². The number of ether oxygens (including phenoxy) is 1. The molecule has 0 radical (unpaired) electrons. The van der Waals surface area contributed by atoms with Gasteiger partial charge in [0.2, 0.25) is 0 Å². The Kier molecular flexibility index (Phi) is 7.09. The van der Waals surface area contributed by atoms with E-state index in [9.17, 15) is 0 Å². The molecule has 0 atom stereocenters. The number of methoxy groups -OCH3 is 1. The van der Waals surface area contributed by atoms with Crippen LogP contribution in [0.4, 0.5) is 0 Å². The van der Waals surface area contributed by atoms with E-state index >= 15 is 0 Å². The van der Waals surface area contributed by atoms with Gasteiger partial charge in [-0.1, -0.05) is 24.3 Å². The second kappa shape index (κ2) is 9.08. The molecule has 0 spiro atoms. The van der Waals surface area contributed by atoms with Gasteiger partial charge in [-0.3, -0.25) is 4.90 Å². The average Bonchev–Trinajstić information content (AvgIpc) is 2.54. The van der Waals surface area contributed by atoms with Crippen LogP contribution >= 0.6 is 12.2 Å². The Bertz CT molecular complexity index is 473. The molecule has 2 rings (SSSR count). The number of rotatable bonds is 6. The number of hydrogen-bond donors (Lipinski definition) is 1. The van der Waals surface area contributed by atoms with Gasteiger partial charge in [-0.15, -0.1) is 0 Å². The van der Waals surface area contributed by atoms with Crippen molar-refractivity contribution in [2.75, 3.05) is 46.4 Å². The van der Waals surface area contributed by atoms with E-state index in [1.54, 1.807) is 7.11 Å². The highest BCUT2D eigenvalue weighted by molar-refractivity contribution is 7.80. The fraction of sp³-hybridized carbons (Fsp3) is 0.588. The third-order valence-corrected chi connectivity index (χ3v) is 4.52. The van der Waals surface area contributed by atoms with E-state index in [4.69, 9.17) is 17.0 Å². The maximum absolute atomic E-state index is 5.47. The molecule has 0 amide bonds. The van der Waals surface area contributed by atoms with Crippen LogP contribution in [0, 0.1) is 6.92 Å². The highest BCUT2D eigenvalue weighted by Gasteiger charge is 2.19. The Morgan fingerprint density at radius 2 is 1.95 bits per heavy atom. The fourth-order valence-corrected chi connectivity index (χ4v) is 2.95. The van der Waals surface area contributed by atoms with Crippen LogP contribution in [0.3, 0.4) is 0 Å². The molecule has 1 saturated heterocycles. The van der Waals surface area contributed by atoms with Crippen LogP contribution in [-0.2, 0) is 11.3 Å². The van der Waals surface area contributed by atoms with Crippen LogP contribution in [0.5, 0.6) is 0 Å². The third-order valence-electron chi connectivity index (χ3n) is 4.12. The molecule has 22 heavy (non-hydrogen) atoms. The normalized spacial score (nSPS) is 15.8. The van der Waals surface area contributed by atoms with Crippen molar-refractivity contribution in [3.8, 4) is 0 Å². The first-order valence-electron chi connectivity index (χ1n) is 7.99. The van der Waals surface area contributed by atoms with E-state index < -0.39 is 0 Å². The lowest BCUT2D eigenvalue weighted by atomic mass is 10.1. The molecule has 1 N–H and O–H groups in total. The molecule has 1 heterocycles. The summed E-state index contributed by atoms with van der Waals surface area (Å²) in [6, 6.07) is 8.64. The van der Waals surface area contributed by atoms with Gasteiger partial charge in [-0.05, 0) is 36.7 Å². The molecular weight excluding hydrogens is 294 g/mol. The number of thiocarbonyl (C=S) groups is 1. The summed E-state index contributed by atoms with van der Waals surface area (Å²) in [4.78, 5) is 4.78. The predicted octanol–water partition coefficient (Wildman–Crippen LogP) is 2.02. The third kappa shape index (κ3) is 5.23. The summed E-state index contributed by atoms with van der Waals surface area (Å²) in [5.74, 6) is 0. The van der Waals surface area contributed by atoms with Crippen molar-refractivity contribution in [2.45, 2.75) is 19.9 Å². The molecule has 1 aromatic carbocycles. The summed E-state index contributed by atoms with van der Waals surface area (Å²) in [7, 11) is 1.73. The van der Waals surface area contributed by atoms with Gasteiger partial charge >= 0.3 is 0 Å². The second-order valence-electron chi connectivity index (χ2n) is 5.77. The second-order valence-corrected chi connectivity index (χ2v) is 6.15. The molecule has 0 aromatic heterocycles. The SMILES string of the molecule is COCCCNC(=S)N1CCN(Cc2ccccc2C)CC1. The molecule has 1 aromatic rings. The van der Waals surface area contributed by atoms with Gasteiger partial charge in [-0.2, -0.15) is 0 Å². The monoisotopic (exact) mass is 321 g/mol. The maximum atomic E-state index is 5.47. The van der Waals surface area contributed by atoms with Crippen molar-refractivity contribution in [1.29, 1.82) is 0 Å². The van der Waals surface area contributed by atoms with Crippen molar-refractivity contribution >= 4 is 17.3 Å². The first kappa shape index (κ1) is 17.2. The summed E-state index contributed by atoms with van der Waals surface area (Å²) in [6.07, 6.45) is 0.990. The van der Waals surface area contributed by atoms with Crippen molar-refractivity contribution in [3.05, 3.63) is 35.4 Å². The van der Waals surface area contributed by atoms with Crippen LogP contribution in [0.25, 0.3) is 0 Å². The zero-order valence-electron chi connectivity index (χ0n) is 13.7. The van der Waals surface area contributed by atoms with Gasteiger partial charge in [0.25, 0.3) is 0 Å². The Hall–Kier alpha value is -1.17. The van der Waals surface area contributed by atoms with E-state index in [2.05, 4.69) is 46.3 Å². The highest BCUT2D eigenvalue weighted by atomic mass is 32.1. The lowest BCUT2D eigenvalue weighted by Gasteiger charge is -2.36. The van der Waals surface area contributed by atoms with E-state index in [-0.39, 0.29) is 0 Å². The molecule has 0 saturated carbocycles. The van der Waals surface area contributed by atoms with Gasteiger partial charge in [0.05, 0.1) is 0 Å². The van der Waals surface area contributed by atoms with Crippen LogP contribution in [-0.4, -0.2) is 61.4 Å². The molecule has 1 fully saturated rings. The van der Waals surface area contributed by atoms with E-state index in [0.717, 1.165) is 57.4 Å². The number of piperazine rings is 1. The zero-order chi connectivity index (χ0) is 15.8. The number of nitrogens with one attached hydrogen (secondary N) is 1. The van der Waals surface area contributed by atoms with Crippen LogP contribution in [0.2, 0.25) is 0 Å². The standard InChI is InChI=1S/C17H27N3OS/c1-15-6-3-4-7-16(15)14-19-9-11-20(12-10-19)17(22)18-8-5-13-21-2/h3-4,6-7H,5,8-14H2,1-2H3,(H,18,22). The molecule has 1 aliphatic rings. The Morgan fingerprint density at radius 3 is 2.64 bits per heavy atom. The number of benzene rings is 1. The minimum Gasteiger partial charge on any atom is -0.385 e. The molecule has 1 aliphatic heterocycles. The number of aryl methyl sites for hydroxylation is 1. The van der Waals surface area contributed by atoms with Gasteiger partial charge in [0.1, 0.15) is 0 Å². The highest BCUT2D eigenvalue weighted by Crippen LogP contribution is 2.12. The topological polar surface area (TPSA) is 27.7 Å². The molecule has 0 unspecified atom stereocenters. The van der Waals surface area contributed by atoms with Gasteiger partial charge < -0.3 is 15.0 Å². The molecule has 5 heteroatoms. The van der Waals surface area contributed by atoms with Crippen LogP contribution < -0.4 is 5.32 Å². The molecular formula is C17H27N3OS. The average molecular weight is 321 g/mol. The lowest BCUT2D eigenvalue weighted by molar-refractivity contribution is 0.173. The van der Waals surface area contributed by atoms with Crippen molar-refractivity contribution in [3.63, 3.8) is 0 Å². The lowest BCUT2D eigenvalue weighted by Crippen LogP contribution is -2.51. The minimum absolute atomic E-state index is 0.778. The van der Waals surface area contributed by atoms with Crippen LogP contribution in [0.1, 0.15) is 17.5 Å².